The van der Waals surface area contributed by atoms with Gasteiger partial charge in [0.05, 0.1) is 5.60 Å². The average molecular weight is 312 g/mol. The van der Waals surface area contributed by atoms with Gasteiger partial charge >= 0.3 is 0 Å². The molecule has 0 radical (unpaired) electrons. The summed E-state index contributed by atoms with van der Waals surface area (Å²) in [7, 11) is 1.82. The Morgan fingerprint density at radius 1 is 1.44 bits per heavy atom. The lowest BCUT2D eigenvalue weighted by atomic mass is 9.94. The van der Waals surface area contributed by atoms with Gasteiger partial charge in [-0.05, 0) is 49.9 Å². The van der Waals surface area contributed by atoms with Crippen molar-refractivity contribution in [2.75, 3.05) is 25.1 Å². The Bertz CT molecular complexity index is 421. The van der Waals surface area contributed by atoms with Gasteiger partial charge in [-0.3, -0.25) is 0 Å². The molecule has 2 nitrogen and oxygen atoms in total. The molecule has 0 amide bonds. The highest BCUT2D eigenvalue weighted by atomic mass is 79.9. The van der Waals surface area contributed by atoms with Crippen LogP contribution in [0.15, 0.2) is 18.2 Å². The van der Waals surface area contributed by atoms with Gasteiger partial charge in [0, 0.05) is 31.2 Å². The molecule has 2 rings (SSSR count). The number of alkyl halides is 1. The van der Waals surface area contributed by atoms with Crippen LogP contribution in [0, 0.1) is 6.92 Å². The van der Waals surface area contributed by atoms with Crippen LogP contribution in [0.25, 0.3) is 0 Å². The van der Waals surface area contributed by atoms with Crippen LogP contribution in [-0.2, 0) is 10.1 Å². The maximum atomic E-state index is 5.66. The molecule has 0 aliphatic carbocycles. The average Bonchev–Trinajstić information content (AvgIpc) is 2.39. The van der Waals surface area contributed by atoms with Crippen molar-refractivity contribution in [2.24, 2.45) is 0 Å². The topological polar surface area (TPSA) is 12.5 Å². The van der Waals surface area contributed by atoms with Gasteiger partial charge < -0.3 is 9.64 Å². The third-order valence-electron chi connectivity index (χ3n) is 3.99. The van der Waals surface area contributed by atoms with Gasteiger partial charge in [0.2, 0.25) is 0 Å². The van der Waals surface area contributed by atoms with Crippen LogP contribution < -0.4 is 4.90 Å². The lowest BCUT2D eigenvalue weighted by Gasteiger charge is -2.40. The molecule has 1 saturated heterocycles. The summed E-state index contributed by atoms with van der Waals surface area (Å²) in [5, 5.41) is 0.925. The van der Waals surface area contributed by atoms with Crippen LogP contribution in [0.3, 0.4) is 0 Å². The number of nitrogens with zero attached hydrogens (tertiary/aromatic N) is 1. The Hall–Kier alpha value is -0.540. The fourth-order valence-electron chi connectivity index (χ4n) is 2.62. The molecule has 1 heterocycles. The molecule has 0 bridgehead atoms. The molecular weight excluding hydrogens is 290 g/mol. The SMILES string of the molecule is COC1(C)CCCN(c2ccc(CBr)c(C)c2)C1. The van der Waals surface area contributed by atoms with E-state index < -0.39 is 0 Å². The lowest BCUT2D eigenvalue weighted by molar-refractivity contribution is -0.00465. The monoisotopic (exact) mass is 311 g/mol. The van der Waals surface area contributed by atoms with Gasteiger partial charge in [0.1, 0.15) is 0 Å². The minimum Gasteiger partial charge on any atom is -0.377 e. The number of rotatable bonds is 3. The van der Waals surface area contributed by atoms with Gasteiger partial charge in [-0.15, -0.1) is 0 Å². The van der Waals surface area contributed by atoms with Crippen molar-refractivity contribution >= 4 is 21.6 Å². The summed E-state index contributed by atoms with van der Waals surface area (Å²) in [6.45, 7) is 6.50. The van der Waals surface area contributed by atoms with E-state index in [1.54, 1.807) is 0 Å². The number of methoxy groups -OCH3 is 1. The van der Waals surface area contributed by atoms with Crippen LogP contribution in [0.2, 0.25) is 0 Å². The Morgan fingerprint density at radius 2 is 2.22 bits per heavy atom. The molecule has 1 aliphatic heterocycles. The summed E-state index contributed by atoms with van der Waals surface area (Å²) >= 11 is 3.52. The number of aryl methyl sites for hydroxylation is 1. The second kappa shape index (κ2) is 5.62. The molecule has 1 atom stereocenters. The highest BCUT2D eigenvalue weighted by Gasteiger charge is 2.30. The molecule has 1 aliphatic rings. The Morgan fingerprint density at radius 3 is 2.83 bits per heavy atom. The van der Waals surface area contributed by atoms with Gasteiger partial charge in [0.25, 0.3) is 0 Å². The molecule has 3 heteroatoms. The number of benzene rings is 1. The van der Waals surface area contributed by atoms with Crippen LogP contribution in [0.4, 0.5) is 5.69 Å². The molecule has 0 spiro atoms. The second-order valence-electron chi connectivity index (χ2n) is 5.42. The first kappa shape index (κ1) is 13.9. The van der Waals surface area contributed by atoms with E-state index in [9.17, 15) is 0 Å². The number of hydrogen-bond donors (Lipinski definition) is 0. The zero-order chi connectivity index (χ0) is 13.2. The summed E-state index contributed by atoms with van der Waals surface area (Å²) in [6.07, 6.45) is 2.35. The third kappa shape index (κ3) is 2.89. The summed E-state index contributed by atoms with van der Waals surface area (Å²) in [4.78, 5) is 2.44. The molecule has 0 aromatic heterocycles. The number of anilines is 1. The van der Waals surface area contributed by atoms with Crippen LogP contribution in [-0.4, -0.2) is 25.8 Å². The van der Waals surface area contributed by atoms with Crippen molar-refractivity contribution < 1.29 is 4.74 Å². The van der Waals surface area contributed by atoms with E-state index in [-0.39, 0.29) is 5.60 Å². The van der Waals surface area contributed by atoms with Crippen molar-refractivity contribution in [1.82, 2.24) is 0 Å². The Kier molecular flexibility index (Phi) is 4.33. The Balaban J connectivity index is 2.18. The molecule has 1 aromatic rings. The van der Waals surface area contributed by atoms with E-state index >= 15 is 0 Å². The van der Waals surface area contributed by atoms with Gasteiger partial charge in [0.15, 0.2) is 0 Å². The van der Waals surface area contributed by atoms with Crippen molar-refractivity contribution in [3.05, 3.63) is 29.3 Å². The molecule has 18 heavy (non-hydrogen) atoms. The molecule has 0 N–H and O–H groups in total. The fraction of sp³-hybridized carbons (Fsp3) is 0.600. The van der Waals surface area contributed by atoms with Crippen LogP contribution in [0.1, 0.15) is 30.9 Å². The van der Waals surface area contributed by atoms with Gasteiger partial charge in [-0.25, -0.2) is 0 Å². The van der Waals surface area contributed by atoms with E-state index in [1.165, 1.54) is 23.2 Å². The summed E-state index contributed by atoms with van der Waals surface area (Å²) < 4.78 is 5.66. The maximum Gasteiger partial charge on any atom is 0.0825 e. The molecule has 1 unspecified atom stereocenters. The smallest absolute Gasteiger partial charge is 0.0825 e. The molecule has 100 valence electrons. The first-order chi connectivity index (χ1) is 8.58. The quantitative estimate of drug-likeness (QED) is 0.785. The fourth-order valence-corrected chi connectivity index (χ4v) is 3.25. The van der Waals surface area contributed by atoms with Crippen molar-refractivity contribution in [3.63, 3.8) is 0 Å². The summed E-state index contributed by atoms with van der Waals surface area (Å²) in [6, 6.07) is 6.74. The van der Waals surface area contributed by atoms with E-state index in [4.69, 9.17) is 4.74 Å². The highest BCUT2D eigenvalue weighted by Crippen LogP contribution is 2.29. The third-order valence-corrected chi connectivity index (χ3v) is 4.59. The van der Waals surface area contributed by atoms with Crippen molar-refractivity contribution in [1.29, 1.82) is 0 Å². The van der Waals surface area contributed by atoms with E-state index in [0.29, 0.717) is 0 Å². The summed E-state index contributed by atoms with van der Waals surface area (Å²) in [5.74, 6) is 0. The molecule has 1 fully saturated rings. The molecule has 1 aromatic carbocycles. The van der Waals surface area contributed by atoms with Crippen LogP contribution >= 0.6 is 15.9 Å². The minimum absolute atomic E-state index is 0.000247. The van der Waals surface area contributed by atoms with E-state index in [2.05, 4.69) is 52.9 Å². The normalized spacial score (nSPS) is 24.3. The standard InChI is InChI=1S/C15H22BrNO/c1-12-9-14(6-5-13(12)10-16)17-8-4-7-15(2,11-17)18-3/h5-6,9H,4,7-8,10-11H2,1-3H3. The van der Waals surface area contributed by atoms with E-state index in [0.717, 1.165) is 24.8 Å². The second-order valence-corrected chi connectivity index (χ2v) is 5.98. The van der Waals surface area contributed by atoms with Crippen molar-refractivity contribution in [3.8, 4) is 0 Å². The van der Waals surface area contributed by atoms with Gasteiger partial charge in [-0.2, -0.15) is 0 Å². The first-order valence-corrected chi connectivity index (χ1v) is 7.66. The lowest BCUT2D eigenvalue weighted by Crippen LogP contribution is -2.47. The summed E-state index contributed by atoms with van der Waals surface area (Å²) in [5.41, 5.74) is 4.04. The number of halogens is 1. The van der Waals surface area contributed by atoms with Gasteiger partial charge in [-0.1, -0.05) is 22.0 Å². The van der Waals surface area contributed by atoms with E-state index in [1.807, 2.05) is 7.11 Å². The number of piperidine rings is 1. The largest absolute Gasteiger partial charge is 0.377 e. The number of hydrogen-bond acceptors (Lipinski definition) is 2. The Labute approximate surface area is 118 Å². The predicted molar refractivity (Wildman–Crippen MR) is 80.7 cm³/mol. The highest BCUT2D eigenvalue weighted by molar-refractivity contribution is 9.08. The molecular formula is C15H22BrNO. The first-order valence-electron chi connectivity index (χ1n) is 6.53. The van der Waals surface area contributed by atoms with Crippen LogP contribution in [0.5, 0.6) is 0 Å². The predicted octanol–water partition coefficient (Wildman–Crippen LogP) is 3.90. The number of ether oxygens (including phenoxy) is 1. The zero-order valence-corrected chi connectivity index (χ0v) is 13.1. The minimum atomic E-state index is 0.000247. The molecule has 0 saturated carbocycles. The van der Waals surface area contributed by atoms with Crippen molar-refractivity contribution in [2.45, 2.75) is 37.6 Å². The maximum absolute atomic E-state index is 5.66. The zero-order valence-electron chi connectivity index (χ0n) is 11.5.